The van der Waals surface area contributed by atoms with Crippen LogP contribution in [0, 0.1) is 6.92 Å². The van der Waals surface area contributed by atoms with Gasteiger partial charge in [-0.25, -0.2) is 9.78 Å². The highest BCUT2D eigenvalue weighted by Crippen LogP contribution is 2.28. The highest BCUT2D eigenvalue weighted by atomic mass is 16.6. The summed E-state index contributed by atoms with van der Waals surface area (Å²) in [6, 6.07) is 0. The highest BCUT2D eigenvalue weighted by molar-refractivity contribution is 5.67. The molecule has 2 rings (SSSR count). The third-order valence-electron chi connectivity index (χ3n) is 3.47. The summed E-state index contributed by atoms with van der Waals surface area (Å²) in [5.41, 5.74) is 0.741. The Hall–Kier alpha value is -2.05. The summed E-state index contributed by atoms with van der Waals surface area (Å²) in [7, 11) is 1.57. The molecule has 0 unspecified atom stereocenters. The topological polar surface area (TPSA) is 73.8 Å². The predicted octanol–water partition coefficient (Wildman–Crippen LogP) is 2.18. The summed E-state index contributed by atoms with van der Waals surface area (Å²) in [6.45, 7) is 6.76. The van der Waals surface area contributed by atoms with E-state index in [9.17, 15) is 4.79 Å². The second-order valence-corrected chi connectivity index (χ2v) is 5.53. The third kappa shape index (κ3) is 3.99. The molecule has 1 saturated heterocycles. The maximum atomic E-state index is 11.8. The molecule has 122 valence electrons. The fourth-order valence-electron chi connectivity index (χ4n) is 2.35. The SMILES string of the molecule is COc1c(C)ncnc1OC1CCN(C(=O)OC(C)C)CC1. The quantitative estimate of drug-likeness (QED) is 0.848. The van der Waals surface area contributed by atoms with Crippen molar-refractivity contribution in [3.05, 3.63) is 12.0 Å². The third-order valence-corrected chi connectivity index (χ3v) is 3.47. The van der Waals surface area contributed by atoms with E-state index in [-0.39, 0.29) is 18.3 Å². The molecular weight excluding hydrogens is 286 g/mol. The van der Waals surface area contributed by atoms with E-state index in [4.69, 9.17) is 14.2 Å². The van der Waals surface area contributed by atoms with Crippen LogP contribution in [0.1, 0.15) is 32.4 Å². The number of hydrogen-bond acceptors (Lipinski definition) is 6. The molecule has 1 aromatic rings. The van der Waals surface area contributed by atoms with Crippen LogP contribution in [0.3, 0.4) is 0 Å². The lowest BCUT2D eigenvalue weighted by Gasteiger charge is -2.31. The number of carbonyl (C=O) groups is 1. The van der Waals surface area contributed by atoms with E-state index in [1.807, 2.05) is 20.8 Å². The van der Waals surface area contributed by atoms with Crippen LogP contribution in [-0.4, -0.2) is 53.4 Å². The van der Waals surface area contributed by atoms with Crippen LogP contribution in [0.25, 0.3) is 0 Å². The van der Waals surface area contributed by atoms with E-state index in [2.05, 4.69) is 9.97 Å². The van der Waals surface area contributed by atoms with Crippen molar-refractivity contribution in [2.45, 2.75) is 45.8 Å². The Morgan fingerprint density at radius 3 is 2.59 bits per heavy atom. The molecule has 7 heteroatoms. The lowest BCUT2D eigenvalue weighted by Crippen LogP contribution is -2.42. The normalized spacial score (nSPS) is 15.8. The van der Waals surface area contributed by atoms with Crippen LogP contribution in [-0.2, 0) is 4.74 Å². The van der Waals surface area contributed by atoms with E-state index in [1.54, 1.807) is 12.0 Å². The molecule has 0 aliphatic carbocycles. The molecule has 1 aliphatic rings. The fourth-order valence-corrected chi connectivity index (χ4v) is 2.35. The zero-order valence-electron chi connectivity index (χ0n) is 13.5. The molecule has 1 fully saturated rings. The molecule has 0 aromatic carbocycles. The molecule has 0 saturated carbocycles. The van der Waals surface area contributed by atoms with Crippen LogP contribution < -0.4 is 9.47 Å². The molecule has 0 radical (unpaired) electrons. The summed E-state index contributed by atoms with van der Waals surface area (Å²) < 4.78 is 16.4. The van der Waals surface area contributed by atoms with Crippen LogP contribution in [0.5, 0.6) is 11.6 Å². The number of nitrogens with zero attached hydrogens (tertiary/aromatic N) is 3. The van der Waals surface area contributed by atoms with Gasteiger partial charge in [0.2, 0.25) is 5.75 Å². The Bertz CT molecular complexity index is 514. The largest absolute Gasteiger partial charge is 0.490 e. The van der Waals surface area contributed by atoms with Gasteiger partial charge in [-0.15, -0.1) is 0 Å². The van der Waals surface area contributed by atoms with E-state index in [0.717, 1.165) is 18.5 Å². The van der Waals surface area contributed by atoms with Crippen LogP contribution >= 0.6 is 0 Å². The van der Waals surface area contributed by atoms with Crippen molar-refractivity contribution in [1.82, 2.24) is 14.9 Å². The Morgan fingerprint density at radius 1 is 1.32 bits per heavy atom. The van der Waals surface area contributed by atoms with Crippen molar-refractivity contribution in [2.75, 3.05) is 20.2 Å². The summed E-state index contributed by atoms with van der Waals surface area (Å²) >= 11 is 0. The minimum atomic E-state index is -0.260. The molecule has 2 heterocycles. The zero-order chi connectivity index (χ0) is 16.1. The van der Waals surface area contributed by atoms with Crippen LogP contribution in [0.2, 0.25) is 0 Å². The van der Waals surface area contributed by atoms with Gasteiger partial charge in [0.25, 0.3) is 5.88 Å². The van der Waals surface area contributed by atoms with E-state index < -0.39 is 0 Å². The van der Waals surface area contributed by atoms with Crippen molar-refractivity contribution in [2.24, 2.45) is 0 Å². The number of rotatable bonds is 4. The number of piperidine rings is 1. The summed E-state index contributed by atoms with van der Waals surface area (Å²) in [6.07, 6.45) is 2.58. The molecule has 1 aliphatic heterocycles. The Labute approximate surface area is 130 Å². The molecule has 0 N–H and O–H groups in total. The molecule has 0 atom stereocenters. The lowest BCUT2D eigenvalue weighted by atomic mass is 10.1. The summed E-state index contributed by atoms with van der Waals surface area (Å²) in [5.74, 6) is 1.02. The minimum Gasteiger partial charge on any atom is -0.490 e. The van der Waals surface area contributed by atoms with Crippen molar-refractivity contribution >= 4 is 6.09 Å². The molecular formula is C15H23N3O4. The van der Waals surface area contributed by atoms with Gasteiger partial charge >= 0.3 is 6.09 Å². The number of amides is 1. The average Bonchev–Trinajstić information content (AvgIpc) is 2.47. The number of carbonyl (C=O) groups excluding carboxylic acids is 1. The minimum absolute atomic E-state index is 0.00583. The maximum absolute atomic E-state index is 11.8. The van der Waals surface area contributed by atoms with Gasteiger partial charge in [0.05, 0.1) is 18.9 Å². The number of hydrogen-bond donors (Lipinski definition) is 0. The molecule has 1 amide bonds. The fraction of sp³-hybridized carbons (Fsp3) is 0.667. The number of likely N-dealkylation sites (tertiary alicyclic amines) is 1. The molecule has 0 bridgehead atoms. The van der Waals surface area contributed by atoms with Crippen LogP contribution in [0.4, 0.5) is 4.79 Å². The van der Waals surface area contributed by atoms with Gasteiger partial charge in [-0.3, -0.25) is 0 Å². The van der Waals surface area contributed by atoms with Gasteiger partial charge in [0.1, 0.15) is 12.4 Å². The predicted molar refractivity (Wildman–Crippen MR) is 80.2 cm³/mol. The van der Waals surface area contributed by atoms with Crippen LogP contribution in [0.15, 0.2) is 6.33 Å². The zero-order valence-corrected chi connectivity index (χ0v) is 13.5. The van der Waals surface area contributed by atoms with Gasteiger partial charge < -0.3 is 19.1 Å². The second-order valence-electron chi connectivity index (χ2n) is 5.53. The molecule has 0 spiro atoms. The molecule has 7 nitrogen and oxygen atoms in total. The molecule has 22 heavy (non-hydrogen) atoms. The van der Waals surface area contributed by atoms with Crippen molar-refractivity contribution < 1.29 is 19.0 Å². The van der Waals surface area contributed by atoms with E-state index in [1.165, 1.54) is 6.33 Å². The number of methoxy groups -OCH3 is 1. The summed E-state index contributed by atoms with van der Waals surface area (Å²) in [4.78, 5) is 21.8. The summed E-state index contributed by atoms with van der Waals surface area (Å²) in [5, 5.41) is 0. The smallest absolute Gasteiger partial charge is 0.410 e. The van der Waals surface area contributed by atoms with Crippen molar-refractivity contribution in [1.29, 1.82) is 0 Å². The van der Waals surface area contributed by atoms with Gasteiger partial charge in [-0.1, -0.05) is 0 Å². The average molecular weight is 309 g/mol. The Balaban J connectivity index is 1.90. The van der Waals surface area contributed by atoms with Crippen molar-refractivity contribution in [3.8, 4) is 11.6 Å². The monoisotopic (exact) mass is 309 g/mol. The lowest BCUT2D eigenvalue weighted by molar-refractivity contribution is 0.0500. The highest BCUT2D eigenvalue weighted by Gasteiger charge is 2.26. The first kappa shape index (κ1) is 16.3. The number of aromatic nitrogens is 2. The number of aryl methyl sites for hydroxylation is 1. The first-order chi connectivity index (χ1) is 10.5. The van der Waals surface area contributed by atoms with E-state index in [0.29, 0.717) is 24.7 Å². The number of ether oxygens (including phenoxy) is 3. The van der Waals surface area contributed by atoms with Gasteiger partial charge in [-0.2, -0.15) is 4.98 Å². The molecule has 1 aromatic heterocycles. The maximum Gasteiger partial charge on any atom is 0.410 e. The van der Waals surface area contributed by atoms with Gasteiger partial charge in [0, 0.05) is 25.9 Å². The second kappa shape index (κ2) is 7.29. The first-order valence-corrected chi connectivity index (χ1v) is 7.49. The Kier molecular flexibility index (Phi) is 5.41. The Morgan fingerprint density at radius 2 is 2.00 bits per heavy atom. The standard InChI is InChI=1S/C15H23N3O4/c1-10(2)21-15(19)18-7-5-12(6-8-18)22-14-13(20-4)11(3)16-9-17-14/h9-10,12H,5-8H2,1-4H3. The van der Waals surface area contributed by atoms with Crippen molar-refractivity contribution in [3.63, 3.8) is 0 Å². The first-order valence-electron chi connectivity index (χ1n) is 7.49. The van der Waals surface area contributed by atoms with Gasteiger partial charge in [0.15, 0.2) is 0 Å². The van der Waals surface area contributed by atoms with Gasteiger partial charge in [-0.05, 0) is 20.8 Å². The van der Waals surface area contributed by atoms with E-state index >= 15 is 0 Å².